The number of nitrogens with zero attached hydrogens (tertiary/aromatic N) is 4. The van der Waals surface area contributed by atoms with Crippen LogP contribution in [0.5, 0.6) is 0 Å². The highest BCUT2D eigenvalue weighted by atomic mass is 32.2. The zero-order valence-corrected chi connectivity index (χ0v) is 10.1. The highest BCUT2D eigenvalue weighted by Crippen LogP contribution is 2.33. The Morgan fingerprint density at radius 1 is 1.53 bits per heavy atom. The zero-order chi connectivity index (χ0) is 12.2. The molecular formula is C9H12N4O3S. The second kappa shape index (κ2) is 3.28. The van der Waals surface area contributed by atoms with E-state index in [0.29, 0.717) is 13.0 Å². The molecule has 3 rings (SSSR count). The maximum absolute atomic E-state index is 12.1. The van der Waals surface area contributed by atoms with Crippen LogP contribution in [0.1, 0.15) is 16.9 Å². The molecule has 1 aromatic rings. The van der Waals surface area contributed by atoms with Crippen molar-refractivity contribution < 1.29 is 13.2 Å². The fourth-order valence-electron chi connectivity index (χ4n) is 2.54. The predicted molar refractivity (Wildman–Crippen MR) is 58.0 cm³/mol. The fraction of sp³-hybridized carbons (Fsp3) is 0.667. The van der Waals surface area contributed by atoms with Crippen molar-refractivity contribution >= 4 is 15.7 Å². The first-order chi connectivity index (χ1) is 7.97. The van der Waals surface area contributed by atoms with E-state index in [0.717, 1.165) is 0 Å². The molecule has 2 aliphatic rings. The van der Waals surface area contributed by atoms with Crippen molar-refractivity contribution in [1.82, 2.24) is 19.9 Å². The third-order valence-electron chi connectivity index (χ3n) is 3.39. The minimum Gasteiger partial charge on any atom is -0.332 e. The van der Waals surface area contributed by atoms with Gasteiger partial charge in [-0.05, 0) is 6.42 Å². The van der Waals surface area contributed by atoms with Gasteiger partial charge in [-0.2, -0.15) is 0 Å². The number of sulfone groups is 1. The van der Waals surface area contributed by atoms with E-state index in [1.54, 1.807) is 18.1 Å². The number of hydrogen-bond acceptors (Lipinski definition) is 5. The van der Waals surface area contributed by atoms with Gasteiger partial charge in [-0.25, -0.2) is 8.42 Å². The molecule has 2 atom stereocenters. The molecule has 2 fully saturated rings. The Kier molecular flexibility index (Phi) is 2.07. The van der Waals surface area contributed by atoms with Crippen molar-refractivity contribution in [3.8, 4) is 0 Å². The normalized spacial score (nSPS) is 29.8. The van der Waals surface area contributed by atoms with Gasteiger partial charge in [0.25, 0.3) is 5.91 Å². The summed E-state index contributed by atoms with van der Waals surface area (Å²) in [5.41, 5.74) is 0.275. The number of carbonyl (C=O) groups excluding carboxylic acids is 1. The number of amides is 1. The molecule has 3 heterocycles. The van der Waals surface area contributed by atoms with Crippen LogP contribution in [0.25, 0.3) is 0 Å². The second-order valence-corrected chi connectivity index (χ2v) is 6.90. The number of likely N-dealkylation sites (tertiary alicyclic amines) is 1. The van der Waals surface area contributed by atoms with Crippen LogP contribution < -0.4 is 0 Å². The van der Waals surface area contributed by atoms with Gasteiger partial charge in [-0.1, -0.05) is 5.21 Å². The van der Waals surface area contributed by atoms with Gasteiger partial charge in [-0.3, -0.25) is 9.48 Å². The molecule has 7 nitrogen and oxygen atoms in total. The Hall–Kier alpha value is -1.44. The van der Waals surface area contributed by atoms with Crippen LogP contribution in [0.4, 0.5) is 0 Å². The van der Waals surface area contributed by atoms with Gasteiger partial charge < -0.3 is 4.90 Å². The van der Waals surface area contributed by atoms with Crippen LogP contribution in [0, 0.1) is 0 Å². The maximum atomic E-state index is 12.1. The van der Waals surface area contributed by atoms with Crippen molar-refractivity contribution in [1.29, 1.82) is 0 Å². The minimum absolute atomic E-state index is 0.0870. The maximum Gasteiger partial charge on any atom is 0.276 e. The minimum atomic E-state index is -2.97. The van der Waals surface area contributed by atoms with E-state index in [4.69, 9.17) is 0 Å². The van der Waals surface area contributed by atoms with Gasteiger partial charge in [-0.15, -0.1) is 5.10 Å². The first-order valence-corrected chi connectivity index (χ1v) is 7.08. The number of rotatable bonds is 1. The van der Waals surface area contributed by atoms with Crippen LogP contribution in [0.15, 0.2) is 6.20 Å². The predicted octanol–water partition coefficient (Wildman–Crippen LogP) is -1.17. The highest BCUT2D eigenvalue weighted by molar-refractivity contribution is 7.92. The van der Waals surface area contributed by atoms with E-state index >= 15 is 0 Å². The summed E-state index contributed by atoms with van der Waals surface area (Å²) >= 11 is 0. The molecule has 0 radical (unpaired) electrons. The molecular weight excluding hydrogens is 244 g/mol. The summed E-state index contributed by atoms with van der Waals surface area (Å²) in [5, 5.41) is 7.07. The topological polar surface area (TPSA) is 85.2 Å². The lowest BCUT2D eigenvalue weighted by atomic mass is 10.2. The molecule has 2 aliphatic heterocycles. The first-order valence-electron chi connectivity index (χ1n) is 5.36. The monoisotopic (exact) mass is 256 g/mol. The summed E-state index contributed by atoms with van der Waals surface area (Å²) in [7, 11) is -1.28. The molecule has 0 N–H and O–H groups in total. The van der Waals surface area contributed by atoms with Crippen molar-refractivity contribution in [2.75, 3.05) is 12.3 Å². The number of aromatic nitrogens is 3. The summed E-state index contributed by atoms with van der Waals surface area (Å²) in [5.74, 6) is -0.135. The lowest BCUT2D eigenvalue weighted by Crippen LogP contribution is -2.44. The molecule has 1 amide bonds. The molecule has 2 bridgehead atoms. The van der Waals surface area contributed by atoms with Crippen LogP contribution in [-0.4, -0.2) is 57.8 Å². The zero-order valence-electron chi connectivity index (χ0n) is 9.28. The summed E-state index contributed by atoms with van der Waals surface area (Å²) in [6.45, 7) is 0.294. The molecule has 2 saturated heterocycles. The van der Waals surface area contributed by atoms with Crippen LogP contribution in [-0.2, 0) is 16.9 Å². The average Bonchev–Trinajstić information content (AvgIpc) is 2.89. The van der Waals surface area contributed by atoms with E-state index in [2.05, 4.69) is 10.3 Å². The molecule has 0 spiro atoms. The van der Waals surface area contributed by atoms with Crippen molar-refractivity contribution in [3.05, 3.63) is 11.9 Å². The van der Waals surface area contributed by atoms with Gasteiger partial charge >= 0.3 is 0 Å². The first kappa shape index (κ1) is 10.7. The standard InChI is InChI=1S/C9H12N4O3S/c1-12-4-8(10-11-12)9(14)13-3-7-2-6(13)5-17(7,15)16/h4,6-7H,2-3,5H2,1H3. The Labute approximate surface area is 98.3 Å². The van der Waals surface area contributed by atoms with Gasteiger partial charge in [0.15, 0.2) is 15.5 Å². The van der Waals surface area contributed by atoms with E-state index in [1.165, 1.54) is 4.68 Å². The third-order valence-corrected chi connectivity index (χ3v) is 5.60. The van der Waals surface area contributed by atoms with Gasteiger partial charge in [0, 0.05) is 19.6 Å². The molecule has 2 unspecified atom stereocenters. The van der Waals surface area contributed by atoms with Crippen LogP contribution in [0.2, 0.25) is 0 Å². The molecule has 8 heteroatoms. The Bertz CT molecular complexity index is 579. The molecule has 17 heavy (non-hydrogen) atoms. The van der Waals surface area contributed by atoms with Gasteiger partial charge in [0.2, 0.25) is 0 Å². The third kappa shape index (κ3) is 1.54. The smallest absolute Gasteiger partial charge is 0.276 e. The highest BCUT2D eigenvalue weighted by Gasteiger charge is 2.50. The van der Waals surface area contributed by atoms with E-state index < -0.39 is 9.84 Å². The number of aryl methyl sites for hydroxylation is 1. The lowest BCUT2D eigenvalue weighted by Gasteiger charge is -2.25. The van der Waals surface area contributed by atoms with E-state index in [9.17, 15) is 13.2 Å². The van der Waals surface area contributed by atoms with Gasteiger partial charge in [0.05, 0.1) is 17.2 Å². The lowest BCUT2D eigenvalue weighted by molar-refractivity contribution is 0.0740. The SMILES string of the molecule is Cn1cc(C(=O)N2CC3CC2CS3(=O)=O)nn1. The largest absolute Gasteiger partial charge is 0.332 e. The van der Waals surface area contributed by atoms with Crippen molar-refractivity contribution in [2.24, 2.45) is 7.05 Å². The summed E-state index contributed by atoms with van der Waals surface area (Å²) in [4.78, 5) is 13.7. The quantitative estimate of drug-likeness (QED) is 0.632. The summed E-state index contributed by atoms with van der Waals surface area (Å²) in [6.07, 6.45) is 2.11. The Morgan fingerprint density at radius 2 is 2.29 bits per heavy atom. The number of hydrogen-bond donors (Lipinski definition) is 0. The van der Waals surface area contributed by atoms with Crippen LogP contribution in [0.3, 0.4) is 0 Å². The van der Waals surface area contributed by atoms with Crippen LogP contribution >= 0.6 is 0 Å². The van der Waals surface area contributed by atoms with Gasteiger partial charge in [0.1, 0.15) is 0 Å². The van der Waals surface area contributed by atoms with Crippen molar-refractivity contribution in [2.45, 2.75) is 17.7 Å². The molecule has 0 aliphatic carbocycles. The molecule has 1 aromatic heterocycles. The summed E-state index contributed by atoms with van der Waals surface area (Å²) in [6, 6.07) is -0.181. The average molecular weight is 256 g/mol. The van der Waals surface area contributed by atoms with E-state index in [1.807, 2.05) is 0 Å². The number of fused-ring (bicyclic) bond motifs is 2. The Balaban J connectivity index is 1.83. The Morgan fingerprint density at radius 3 is 2.76 bits per heavy atom. The fourth-order valence-corrected chi connectivity index (χ4v) is 4.56. The molecule has 92 valence electrons. The number of carbonyl (C=O) groups is 1. The van der Waals surface area contributed by atoms with Crippen molar-refractivity contribution in [3.63, 3.8) is 0 Å². The molecule has 0 saturated carbocycles. The van der Waals surface area contributed by atoms with E-state index in [-0.39, 0.29) is 28.6 Å². The molecule has 0 aromatic carbocycles. The second-order valence-electron chi connectivity index (χ2n) is 4.58. The summed E-state index contributed by atoms with van der Waals surface area (Å²) < 4.78 is 24.6.